The summed E-state index contributed by atoms with van der Waals surface area (Å²) in [6.45, 7) is 3.04. The average Bonchev–Trinajstić information content (AvgIpc) is 2.79. The molecule has 0 aromatic heterocycles. The zero-order valence-corrected chi connectivity index (χ0v) is 10.4. The summed E-state index contributed by atoms with van der Waals surface area (Å²) in [6.07, 6.45) is 1.08. The van der Waals surface area contributed by atoms with Crippen LogP contribution in [0.1, 0.15) is 12.0 Å². The van der Waals surface area contributed by atoms with Crippen molar-refractivity contribution in [2.24, 2.45) is 0 Å². The zero-order chi connectivity index (χ0) is 11.9. The summed E-state index contributed by atoms with van der Waals surface area (Å²) in [5, 5.41) is 11.2. The fourth-order valence-electron chi connectivity index (χ4n) is 2.64. The zero-order valence-electron chi connectivity index (χ0n) is 9.60. The van der Waals surface area contributed by atoms with Gasteiger partial charge < -0.3 is 9.84 Å². The van der Waals surface area contributed by atoms with Gasteiger partial charge in [0.05, 0.1) is 6.61 Å². The van der Waals surface area contributed by atoms with Crippen LogP contribution in [0.25, 0.3) is 0 Å². The Bertz CT molecular complexity index is 394. The lowest BCUT2D eigenvalue weighted by Crippen LogP contribution is -2.62. The highest BCUT2D eigenvalue weighted by molar-refractivity contribution is 6.30. The first-order valence-corrected chi connectivity index (χ1v) is 6.35. The molecule has 0 amide bonds. The van der Waals surface area contributed by atoms with E-state index >= 15 is 0 Å². The van der Waals surface area contributed by atoms with Gasteiger partial charge >= 0.3 is 0 Å². The van der Waals surface area contributed by atoms with Crippen molar-refractivity contribution in [1.82, 2.24) is 4.90 Å². The summed E-state index contributed by atoms with van der Waals surface area (Å²) in [6, 6.07) is 7.96. The number of hydrogen-bond acceptors (Lipinski definition) is 3. The summed E-state index contributed by atoms with van der Waals surface area (Å²) in [4.78, 5) is 2.29. The predicted molar refractivity (Wildman–Crippen MR) is 66.1 cm³/mol. The van der Waals surface area contributed by atoms with Crippen LogP contribution in [0, 0.1) is 0 Å². The van der Waals surface area contributed by atoms with E-state index in [2.05, 4.69) is 4.90 Å². The Kier molecular flexibility index (Phi) is 2.87. The molecule has 0 spiro atoms. The van der Waals surface area contributed by atoms with E-state index in [0.717, 1.165) is 25.2 Å². The molecule has 2 aliphatic rings. The fraction of sp³-hybridized carbons (Fsp3) is 0.538. The summed E-state index contributed by atoms with van der Waals surface area (Å²) >= 11 is 5.85. The van der Waals surface area contributed by atoms with Gasteiger partial charge in [-0.25, -0.2) is 0 Å². The number of benzene rings is 1. The number of ether oxygens (including phenoxy) is 1. The van der Waals surface area contributed by atoms with Crippen LogP contribution >= 0.6 is 11.6 Å². The Hall–Kier alpha value is -0.610. The Labute approximate surface area is 106 Å². The average molecular weight is 254 g/mol. The van der Waals surface area contributed by atoms with Gasteiger partial charge in [-0.3, -0.25) is 4.90 Å². The van der Waals surface area contributed by atoms with Crippen molar-refractivity contribution in [1.29, 1.82) is 0 Å². The molecular formula is C13H16ClNO2. The minimum absolute atomic E-state index is 0.488. The van der Waals surface area contributed by atoms with Gasteiger partial charge in [0.2, 0.25) is 0 Å². The second kappa shape index (κ2) is 4.25. The van der Waals surface area contributed by atoms with Crippen LogP contribution in [0.2, 0.25) is 5.02 Å². The number of halogens is 1. The molecule has 2 fully saturated rings. The van der Waals surface area contributed by atoms with Crippen molar-refractivity contribution in [2.45, 2.75) is 18.1 Å². The monoisotopic (exact) mass is 253 g/mol. The molecule has 3 nitrogen and oxygen atoms in total. The molecule has 2 aliphatic heterocycles. The lowest BCUT2D eigenvalue weighted by Gasteiger charge is -2.49. The molecule has 2 heterocycles. The minimum atomic E-state index is -0.701. The van der Waals surface area contributed by atoms with Crippen molar-refractivity contribution in [3.63, 3.8) is 0 Å². The maximum Gasteiger partial charge on any atom is 0.115 e. The van der Waals surface area contributed by atoms with Gasteiger partial charge in [-0.1, -0.05) is 23.7 Å². The number of likely N-dealkylation sites (tertiary alicyclic amines) is 1. The molecule has 1 aromatic rings. The molecule has 1 aromatic carbocycles. The third kappa shape index (κ3) is 2.08. The molecule has 1 atom stereocenters. The second-order valence-electron chi connectivity index (χ2n) is 4.96. The van der Waals surface area contributed by atoms with E-state index in [1.54, 1.807) is 0 Å². The fourth-order valence-corrected chi connectivity index (χ4v) is 2.76. The maximum absolute atomic E-state index is 10.5. The minimum Gasteiger partial charge on any atom is -0.382 e. The van der Waals surface area contributed by atoms with Gasteiger partial charge in [-0.05, 0) is 24.1 Å². The van der Waals surface area contributed by atoms with E-state index in [9.17, 15) is 5.11 Å². The molecule has 17 heavy (non-hydrogen) atoms. The second-order valence-corrected chi connectivity index (χ2v) is 5.40. The van der Waals surface area contributed by atoms with Gasteiger partial charge in [0, 0.05) is 30.8 Å². The smallest absolute Gasteiger partial charge is 0.115 e. The number of β-amino-alcohol motifs (C(OH)–C–C–N with tert-alkyl or cyclic N) is 1. The lowest BCUT2D eigenvalue weighted by molar-refractivity contribution is -0.121. The predicted octanol–water partition coefficient (Wildman–Crippen LogP) is 1.63. The highest BCUT2D eigenvalue weighted by Gasteiger charge is 2.45. The van der Waals surface area contributed by atoms with Gasteiger partial charge in [-0.2, -0.15) is 0 Å². The van der Waals surface area contributed by atoms with Crippen molar-refractivity contribution < 1.29 is 9.84 Å². The highest BCUT2D eigenvalue weighted by Crippen LogP contribution is 2.35. The first-order chi connectivity index (χ1) is 8.17. The number of rotatable bonds is 2. The van der Waals surface area contributed by atoms with E-state index in [1.807, 2.05) is 24.3 Å². The molecular weight excluding hydrogens is 238 g/mol. The van der Waals surface area contributed by atoms with Gasteiger partial charge in [0.25, 0.3) is 0 Å². The molecule has 0 bridgehead atoms. The van der Waals surface area contributed by atoms with Gasteiger partial charge in [0.1, 0.15) is 5.60 Å². The number of hydrogen-bond donors (Lipinski definition) is 1. The SMILES string of the molecule is OC1(c2ccc(Cl)cc2)CN([C@H]2CCOC2)C1. The normalized spacial score (nSPS) is 28.0. The molecule has 1 N–H and O–H groups in total. The Morgan fingerprint density at radius 1 is 1.29 bits per heavy atom. The Morgan fingerprint density at radius 3 is 2.59 bits per heavy atom. The standard InChI is InChI=1S/C13H16ClNO2/c14-11-3-1-10(2-4-11)13(16)8-15(9-13)12-5-6-17-7-12/h1-4,12,16H,5-9H2/t12-/m0/s1. The van der Waals surface area contributed by atoms with E-state index in [1.165, 1.54) is 0 Å². The van der Waals surface area contributed by atoms with Crippen molar-refractivity contribution in [3.8, 4) is 0 Å². The molecule has 3 rings (SSSR count). The molecule has 4 heteroatoms. The van der Waals surface area contributed by atoms with Crippen LogP contribution in [0.5, 0.6) is 0 Å². The first kappa shape index (κ1) is 11.5. The van der Waals surface area contributed by atoms with Crippen molar-refractivity contribution in [3.05, 3.63) is 34.9 Å². The van der Waals surface area contributed by atoms with E-state index < -0.39 is 5.60 Å². The third-order valence-corrected chi connectivity index (χ3v) is 3.98. The first-order valence-electron chi connectivity index (χ1n) is 5.98. The Balaban J connectivity index is 1.67. The molecule has 92 valence electrons. The summed E-state index contributed by atoms with van der Waals surface area (Å²) < 4.78 is 5.36. The van der Waals surface area contributed by atoms with Crippen LogP contribution in [0.3, 0.4) is 0 Å². The summed E-state index contributed by atoms with van der Waals surface area (Å²) in [7, 11) is 0. The van der Waals surface area contributed by atoms with Crippen LogP contribution < -0.4 is 0 Å². The summed E-state index contributed by atoms with van der Waals surface area (Å²) in [5.41, 5.74) is 0.254. The molecule has 2 saturated heterocycles. The van der Waals surface area contributed by atoms with Crippen LogP contribution in [0.4, 0.5) is 0 Å². The van der Waals surface area contributed by atoms with Gasteiger partial charge in [0.15, 0.2) is 0 Å². The maximum atomic E-state index is 10.5. The quantitative estimate of drug-likeness (QED) is 0.870. The molecule has 0 saturated carbocycles. The largest absolute Gasteiger partial charge is 0.382 e. The molecule has 0 aliphatic carbocycles. The van der Waals surface area contributed by atoms with Gasteiger partial charge in [-0.15, -0.1) is 0 Å². The molecule has 0 unspecified atom stereocenters. The topological polar surface area (TPSA) is 32.7 Å². The van der Waals surface area contributed by atoms with Crippen molar-refractivity contribution >= 4 is 11.6 Å². The summed E-state index contributed by atoms with van der Waals surface area (Å²) in [5.74, 6) is 0. The molecule has 0 radical (unpaired) electrons. The third-order valence-electron chi connectivity index (χ3n) is 3.73. The number of aliphatic hydroxyl groups is 1. The van der Waals surface area contributed by atoms with Crippen molar-refractivity contribution in [2.75, 3.05) is 26.3 Å². The highest BCUT2D eigenvalue weighted by atomic mass is 35.5. The lowest BCUT2D eigenvalue weighted by atomic mass is 9.85. The van der Waals surface area contributed by atoms with Crippen LogP contribution in [0.15, 0.2) is 24.3 Å². The van der Waals surface area contributed by atoms with Crippen LogP contribution in [-0.4, -0.2) is 42.4 Å². The van der Waals surface area contributed by atoms with E-state index in [0.29, 0.717) is 24.2 Å². The number of nitrogens with zero attached hydrogens (tertiary/aromatic N) is 1. The Morgan fingerprint density at radius 2 is 2.00 bits per heavy atom. The van der Waals surface area contributed by atoms with Crippen LogP contribution in [-0.2, 0) is 10.3 Å². The van der Waals surface area contributed by atoms with E-state index in [4.69, 9.17) is 16.3 Å². The van der Waals surface area contributed by atoms with E-state index in [-0.39, 0.29) is 0 Å².